The minimum absolute atomic E-state index is 0.0508. The van der Waals surface area contributed by atoms with Crippen LogP contribution in [0.1, 0.15) is 29.3 Å². The summed E-state index contributed by atoms with van der Waals surface area (Å²) in [4.78, 5) is 18.8. The van der Waals surface area contributed by atoms with Crippen LogP contribution in [0.5, 0.6) is 0 Å². The van der Waals surface area contributed by atoms with Crippen LogP contribution in [0, 0.1) is 32.1 Å². The lowest BCUT2D eigenvalue weighted by Crippen LogP contribution is -2.35. The zero-order valence-electron chi connectivity index (χ0n) is 16.4. The van der Waals surface area contributed by atoms with Gasteiger partial charge >= 0.3 is 0 Å². The fourth-order valence-electron chi connectivity index (χ4n) is 2.85. The van der Waals surface area contributed by atoms with Gasteiger partial charge in [-0.1, -0.05) is 23.9 Å². The molecule has 0 aliphatic heterocycles. The highest BCUT2D eigenvalue weighted by molar-refractivity contribution is 8.00. The zero-order valence-corrected chi connectivity index (χ0v) is 17.2. The molecule has 5 nitrogen and oxygen atoms in total. The van der Waals surface area contributed by atoms with Crippen LogP contribution in [0.3, 0.4) is 0 Å². The first-order valence-corrected chi connectivity index (χ1v) is 10.0. The highest BCUT2D eigenvalue weighted by atomic mass is 32.2. The highest BCUT2D eigenvalue weighted by Crippen LogP contribution is 2.23. The first-order chi connectivity index (χ1) is 12.9. The quantitative estimate of drug-likeness (QED) is 0.706. The Morgan fingerprint density at radius 1 is 1.30 bits per heavy atom. The molecule has 0 spiro atoms. The van der Waals surface area contributed by atoms with Gasteiger partial charge in [-0.15, -0.1) is 0 Å². The summed E-state index contributed by atoms with van der Waals surface area (Å²) in [6.07, 6.45) is 0. The monoisotopic (exact) mass is 382 g/mol. The Bertz CT molecular complexity index is 845. The molecule has 27 heavy (non-hydrogen) atoms. The Hall–Kier alpha value is -2.52. The van der Waals surface area contributed by atoms with Gasteiger partial charge in [0.15, 0.2) is 0 Å². The number of aryl methyl sites for hydroxylation is 3. The number of carbonyl (C=O) groups is 1. The number of nitrogens with one attached hydrogen (secondary N) is 1. The summed E-state index contributed by atoms with van der Waals surface area (Å²) in [5, 5.41) is 12.9. The molecule has 6 heteroatoms. The summed E-state index contributed by atoms with van der Waals surface area (Å²) in [6.45, 7) is 10.2. The highest BCUT2D eigenvalue weighted by Gasteiger charge is 2.12. The predicted octanol–water partition coefficient (Wildman–Crippen LogP) is 3.61. The number of likely N-dealkylation sites (N-methyl/N-ethyl adjacent to an activating group) is 1. The van der Waals surface area contributed by atoms with Gasteiger partial charge in [-0.2, -0.15) is 5.26 Å². The Morgan fingerprint density at radius 3 is 2.74 bits per heavy atom. The van der Waals surface area contributed by atoms with Crippen molar-refractivity contribution in [3.05, 3.63) is 52.7 Å². The number of benzene rings is 1. The molecule has 0 aliphatic carbocycles. The summed E-state index contributed by atoms with van der Waals surface area (Å²) in [7, 11) is 0. The number of thioether (sulfide) groups is 1. The number of nitrogens with zero attached hydrogens (tertiary/aromatic N) is 3. The molecule has 1 heterocycles. The maximum atomic E-state index is 12.2. The Labute approximate surface area is 165 Å². The maximum absolute atomic E-state index is 12.2. The Kier molecular flexibility index (Phi) is 7.68. The van der Waals surface area contributed by atoms with Gasteiger partial charge in [-0.05, 0) is 57.0 Å². The van der Waals surface area contributed by atoms with Crippen molar-refractivity contribution in [2.45, 2.75) is 32.7 Å². The lowest BCUT2D eigenvalue weighted by molar-refractivity contribution is -0.118. The van der Waals surface area contributed by atoms with E-state index in [0.29, 0.717) is 17.1 Å². The Morgan fingerprint density at radius 2 is 2.07 bits per heavy atom. The second-order valence-electron chi connectivity index (χ2n) is 6.43. The molecule has 1 aromatic heterocycles. The number of rotatable bonds is 8. The molecule has 0 atom stereocenters. The fourth-order valence-corrected chi connectivity index (χ4v) is 3.78. The average Bonchev–Trinajstić information content (AvgIpc) is 2.63. The van der Waals surface area contributed by atoms with Crippen LogP contribution in [-0.2, 0) is 4.79 Å². The van der Waals surface area contributed by atoms with Crippen molar-refractivity contribution >= 4 is 23.4 Å². The number of nitriles is 1. The molecular weight excluding hydrogens is 356 g/mol. The number of aromatic nitrogens is 1. The van der Waals surface area contributed by atoms with Gasteiger partial charge in [0.2, 0.25) is 5.91 Å². The minimum atomic E-state index is -0.0508. The topological polar surface area (TPSA) is 69.0 Å². The van der Waals surface area contributed by atoms with Crippen molar-refractivity contribution in [2.24, 2.45) is 0 Å². The summed E-state index contributed by atoms with van der Waals surface area (Å²) in [6, 6.07) is 12.4. The number of carbonyl (C=O) groups excluding carboxylic acids is 1. The van der Waals surface area contributed by atoms with Crippen molar-refractivity contribution < 1.29 is 4.79 Å². The van der Waals surface area contributed by atoms with E-state index >= 15 is 0 Å². The average molecular weight is 383 g/mol. The first-order valence-electron chi connectivity index (χ1n) is 9.04. The fraction of sp³-hybridized carbons (Fsp3) is 0.381. The van der Waals surface area contributed by atoms with Gasteiger partial charge in [0.25, 0.3) is 0 Å². The van der Waals surface area contributed by atoms with Crippen LogP contribution in [0.25, 0.3) is 0 Å². The van der Waals surface area contributed by atoms with Crippen molar-refractivity contribution in [1.29, 1.82) is 5.26 Å². The number of hydrogen-bond donors (Lipinski definition) is 1. The molecule has 2 rings (SSSR count). The number of pyridine rings is 1. The molecule has 0 saturated carbocycles. The van der Waals surface area contributed by atoms with E-state index < -0.39 is 0 Å². The molecule has 0 aliphatic rings. The van der Waals surface area contributed by atoms with E-state index in [0.717, 1.165) is 24.3 Å². The van der Waals surface area contributed by atoms with Crippen LogP contribution in [0.2, 0.25) is 0 Å². The minimum Gasteiger partial charge on any atom is -0.370 e. The van der Waals surface area contributed by atoms with E-state index in [4.69, 9.17) is 0 Å². The molecule has 2 aromatic rings. The van der Waals surface area contributed by atoms with Crippen LogP contribution in [0.15, 0.2) is 35.4 Å². The van der Waals surface area contributed by atoms with E-state index in [-0.39, 0.29) is 11.7 Å². The van der Waals surface area contributed by atoms with Crippen LogP contribution in [0.4, 0.5) is 5.69 Å². The van der Waals surface area contributed by atoms with Gasteiger partial charge in [0.1, 0.15) is 11.1 Å². The van der Waals surface area contributed by atoms with E-state index in [9.17, 15) is 10.1 Å². The van der Waals surface area contributed by atoms with Crippen molar-refractivity contribution in [1.82, 2.24) is 10.3 Å². The van der Waals surface area contributed by atoms with Gasteiger partial charge in [0.05, 0.1) is 11.3 Å². The number of amides is 1. The van der Waals surface area contributed by atoms with Crippen LogP contribution >= 0.6 is 11.8 Å². The second-order valence-corrected chi connectivity index (χ2v) is 7.39. The van der Waals surface area contributed by atoms with E-state index in [1.54, 1.807) is 0 Å². The van der Waals surface area contributed by atoms with E-state index in [1.165, 1.54) is 23.0 Å². The second kappa shape index (κ2) is 9.98. The lowest BCUT2D eigenvalue weighted by atomic mass is 10.1. The van der Waals surface area contributed by atoms with E-state index in [1.807, 2.05) is 26.0 Å². The maximum Gasteiger partial charge on any atom is 0.230 e. The molecule has 0 fully saturated rings. The largest absolute Gasteiger partial charge is 0.370 e. The van der Waals surface area contributed by atoms with Gasteiger partial charge in [-0.25, -0.2) is 4.98 Å². The standard InChI is InChI=1S/C21H26N4OS/c1-5-25(18-8-6-7-15(2)11-18)10-9-23-20(26)14-27-21-19(13-22)16(3)12-17(4)24-21/h6-8,11-12H,5,9-10,14H2,1-4H3,(H,23,26). The molecule has 0 bridgehead atoms. The third-order valence-electron chi connectivity index (χ3n) is 4.22. The number of anilines is 1. The summed E-state index contributed by atoms with van der Waals surface area (Å²) in [5.41, 5.74) is 4.69. The molecule has 1 N–H and O–H groups in total. The van der Waals surface area contributed by atoms with Crippen molar-refractivity contribution in [3.63, 3.8) is 0 Å². The molecule has 1 amide bonds. The van der Waals surface area contributed by atoms with Crippen LogP contribution < -0.4 is 10.2 Å². The van der Waals surface area contributed by atoms with Crippen molar-refractivity contribution in [3.8, 4) is 6.07 Å². The Balaban J connectivity index is 1.86. The summed E-state index contributed by atoms with van der Waals surface area (Å²) in [5.74, 6) is 0.200. The lowest BCUT2D eigenvalue weighted by Gasteiger charge is -2.23. The molecular formula is C21H26N4OS. The van der Waals surface area contributed by atoms with Gasteiger partial charge in [0, 0.05) is 31.0 Å². The molecule has 0 saturated heterocycles. The predicted molar refractivity (Wildman–Crippen MR) is 111 cm³/mol. The molecule has 142 valence electrons. The van der Waals surface area contributed by atoms with Crippen LogP contribution in [-0.4, -0.2) is 36.3 Å². The third-order valence-corrected chi connectivity index (χ3v) is 5.19. The smallest absolute Gasteiger partial charge is 0.230 e. The van der Waals surface area contributed by atoms with E-state index in [2.05, 4.69) is 53.3 Å². The molecule has 0 unspecified atom stereocenters. The number of hydrogen-bond acceptors (Lipinski definition) is 5. The normalized spacial score (nSPS) is 10.3. The van der Waals surface area contributed by atoms with Crippen molar-refractivity contribution in [2.75, 3.05) is 30.3 Å². The molecule has 0 radical (unpaired) electrons. The zero-order chi connectivity index (χ0) is 19.8. The SMILES string of the molecule is CCN(CCNC(=O)CSc1nc(C)cc(C)c1C#N)c1cccc(C)c1. The van der Waals surface area contributed by atoms with Gasteiger partial charge in [-0.3, -0.25) is 4.79 Å². The first kappa shape index (κ1) is 20.8. The third kappa shape index (κ3) is 6.00. The summed E-state index contributed by atoms with van der Waals surface area (Å²) < 4.78 is 0. The summed E-state index contributed by atoms with van der Waals surface area (Å²) >= 11 is 1.31. The van der Waals surface area contributed by atoms with Gasteiger partial charge < -0.3 is 10.2 Å². The molecule has 1 aromatic carbocycles.